The fourth-order valence-electron chi connectivity index (χ4n) is 3.25. The second-order valence-corrected chi connectivity index (χ2v) is 6.34. The van der Waals surface area contributed by atoms with Crippen molar-refractivity contribution in [1.29, 1.82) is 0 Å². The molecule has 5 heteroatoms. The van der Waals surface area contributed by atoms with E-state index in [2.05, 4.69) is 4.98 Å². The number of alkyl halides is 3. The van der Waals surface area contributed by atoms with E-state index in [-0.39, 0.29) is 18.9 Å². The third kappa shape index (κ3) is 3.43. The predicted molar refractivity (Wildman–Crippen MR) is 83.6 cm³/mol. The van der Waals surface area contributed by atoms with E-state index < -0.39 is 12.1 Å². The van der Waals surface area contributed by atoms with Crippen molar-refractivity contribution in [1.82, 2.24) is 4.98 Å². The number of pyridine rings is 1. The zero-order valence-corrected chi connectivity index (χ0v) is 13.3. The van der Waals surface area contributed by atoms with Gasteiger partial charge in [0, 0.05) is 16.6 Å². The maximum Gasteiger partial charge on any atom is 0.391 e. The first-order valence-corrected chi connectivity index (χ1v) is 7.95. The summed E-state index contributed by atoms with van der Waals surface area (Å²) in [5.41, 5.74) is 2.86. The quantitative estimate of drug-likeness (QED) is 0.743. The van der Waals surface area contributed by atoms with Gasteiger partial charge in [0.25, 0.3) is 0 Å². The molecule has 0 saturated heterocycles. The molecule has 124 valence electrons. The molecule has 1 heterocycles. The lowest BCUT2D eigenvalue weighted by molar-refractivity contribution is -0.185. The van der Waals surface area contributed by atoms with Gasteiger partial charge in [0.05, 0.1) is 17.5 Å². The summed E-state index contributed by atoms with van der Waals surface area (Å²) in [7, 11) is 0. The van der Waals surface area contributed by atoms with E-state index in [1.165, 1.54) is 0 Å². The molecule has 0 unspecified atom stereocenters. The van der Waals surface area contributed by atoms with Gasteiger partial charge < -0.3 is 4.74 Å². The normalized spacial score (nSPS) is 22.3. The zero-order chi connectivity index (χ0) is 16.6. The lowest BCUT2D eigenvalue weighted by Gasteiger charge is -2.30. The number of halogens is 3. The van der Waals surface area contributed by atoms with E-state index >= 15 is 0 Å². The largest absolute Gasteiger partial charge is 0.490 e. The van der Waals surface area contributed by atoms with E-state index in [0.29, 0.717) is 12.8 Å². The van der Waals surface area contributed by atoms with E-state index in [9.17, 15) is 13.2 Å². The Morgan fingerprint density at radius 1 is 1.00 bits per heavy atom. The van der Waals surface area contributed by atoms with Gasteiger partial charge in [-0.2, -0.15) is 13.2 Å². The van der Waals surface area contributed by atoms with Gasteiger partial charge >= 0.3 is 6.18 Å². The summed E-state index contributed by atoms with van der Waals surface area (Å²) in [6.45, 7) is 3.91. The Bertz CT molecular complexity index is 703. The number of fused-ring (bicyclic) bond motifs is 1. The second kappa shape index (κ2) is 6.02. The molecule has 0 atom stereocenters. The van der Waals surface area contributed by atoms with Crippen LogP contribution in [-0.2, 0) is 0 Å². The van der Waals surface area contributed by atoms with Gasteiger partial charge in [-0.25, -0.2) is 0 Å². The minimum Gasteiger partial charge on any atom is -0.490 e. The third-order valence-electron chi connectivity index (χ3n) is 4.66. The Hall–Kier alpha value is -1.78. The SMILES string of the molecule is Cc1ccc2c(C)c(OC3CCC(C(F)(F)F)CC3)ccc2n1. The topological polar surface area (TPSA) is 22.1 Å². The molecule has 23 heavy (non-hydrogen) atoms. The highest BCUT2D eigenvalue weighted by molar-refractivity contribution is 5.84. The molecule has 1 aliphatic rings. The van der Waals surface area contributed by atoms with Crippen LogP contribution in [0.25, 0.3) is 10.9 Å². The van der Waals surface area contributed by atoms with Crippen molar-refractivity contribution in [2.75, 3.05) is 0 Å². The number of aromatic nitrogens is 1. The molecular weight excluding hydrogens is 303 g/mol. The average molecular weight is 323 g/mol. The summed E-state index contributed by atoms with van der Waals surface area (Å²) in [4.78, 5) is 4.48. The summed E-state index contributed by atoms with van der Waals surface area (Å²) < 4.78 is 44.1. The molecule has 0 aliphatic heterocycles. The van der Waals surface area contributed by atoms with E-state index in [1.807, 2.05) is 38.1 Å². The first-order valence-electron chi connectivity index (χ1n) is 7.95. The number of nitrogens with zero attached hydrogens (tertiary/aromatic N) is 1. The first-order chi connectivity index (χ1) is 10.8. The lowest BCUT2D eigenvalue weighted by atomic mass is 9.87. The number of ether oxygens (including phenoxy) is 1. The second-order valence-electron chi connectivity index (χ2n) is 6.34. The Labute approximate surface area is 133 Å². The molecule has 2 aromatic rings. The molecule has 1 aromatic heterocycles. The summed E-state index contributed by atoms with van der Waals surface area (Å²) in [5.74, 6) is -0.425. The molecule has 1 aromatic carbocycles. The van der Waals surface area contributed by atoms with Crippen LogP contribution in [0.4, 0.5) is 13.2 Å². The van der Waals surface area contributed by atoms with Gasteiger partial charge in [0.15, 0.2) is 0 Å². The summed E-state index contributed by atoms with van der Waals surface area (Å²) in [6, 6.07) is 7.75. The smallest absolute Gasteiger partial charge is 0.391 e. The first kappa shape index (κ1) is 16.1. The molecular formula is C18H20F3NO. The minimum absolute atomic E-state index is 0.136. The molecule has 0 amide bonds. The minimum atomic E-state index is -4.08. The van der Waals surface area contributed by atoms with Crippen LogP contribution >= 0.6 is 0 Å². The third-order valence-corrected chi connectivity index (χ3v) is 4.66. The molecule has 3 rings (SSSR count). The molecule has 2 nitrogen and oxygen atoms in total. The van der Waals surface area contributed by atoms with Crippen LogP contribution < -0.4 is 4.74 Å². The van der Waals surface area contributed by atoms with Gasteiger partial charge in [-0.3, -0.25) is 4.98 Å². The molecule has 1 fully saturated rings. The highest BCUT2D eigenvalue weighted by Gasteiger charge is 2.41. The maximum atomic E-state index is 12.7. The van der Waals surface area contributed by atoms with Crippen LogP contribution in [0.1, 0.15) is 36.9 Å². The van der Waals surface area contributed by atoms with Gasteiger partial charge in [-0.05, 0) is 57.7 Å². The Morgan fingerprint density at radius 3 is 2.35 bits per heavy atom. The average Bonchev–Trinajstić information content (AvgIpc) is 2.50. The summed E-state index contributed by atoms with van der Waals surface area (Å²) >= 11 is 0. The molecule has 0 bridgehead atoms. The van der Waals surface area contributed by atoms with Crippen LogP contribution in [0.3, 0.4) is 0 Å². The van der Waals surface area contributed by atoms with Crippen molar-refractivity contribution in [3.05, 3.63) is 35.5 Å². The fraction of sp³-hybridized carbons (Fsp3) is 0.500. The number of rotatable bonds is 2. The summed E-state index contributed by atoms with van der Waals surface area (Å²) in [5, 5.41) is 1.03. The predicted octanol–water partition coefficient (Wildman–Crippen LogP) is 5.35. The molecule has 0 spiro atoms. The summed E-state index contributed by atoms with van der Waals surface area (Å²) in [6.07, 6.45) is -3.00. The highest BCUT2D eigenvalue weighted by atomic mass is 19.4. The van der Waals surface area contributed by atoms with Gasteiger partial charge in [-0.15, -0.1) is 0 Å². The van der Waals surface area contributed by atoms with Crippen LogP contribution in [0.2, 0.25) is 0 Å². The van der Waals surface area contributed by atoms with Crippen LogP contribution in [0, 0.1) is 19.8 Å². The Morgan fingerprint density at radius 2 is 1.70 bits per heavy atom. The van der Waals surface area contributed by atoms with Crippen LogP contribution in [0.15, 0.2) is 24.3 Å². The number of hydrogen-bond acceptors (Lipinski definition) is 2. The van der Waals surface area contributed by atoms with Gasteiger partial charge in [0.2, 0.25) is 0 Å². The maximum absolute atomic E-state index is 12.7. The van der Waals surface area contributed by atoms with Crippen molar-refractivity contribution >= 4 is 10.9 Å². The van der Waals surface area contributed by atoms with Crippen molar-refractivity contribution in [2.24, 2.45) is 5.92 Å². The van der Waals surface area contributed by atoms with E-state index in [0.717, 1.165) is 27.9 Å². The molecule has 1 aliphatic carbocycles. The Kier molecular flexibility index (Phi) is 4.21. The van der Waals surface area contributed by atoms with Crippen molar-refractivity contribution in [3.8, 4) is 5.75 Å². The number of benzene rings is 1. The van der Waals surface area contributed by atoms with Gasteiger partial charge in [-0.1, -0.05) is 6.07 Å². The Balaban J connectivity index is 1.73. The standard InChI is InChI=1S/C18H20F3NO/c1-11-3-8-15-12(2)17(10-9-16(15)22-11)23-14-6-4-13(5-7-14)18(19,20)21/h3,8-10,13-14H,4-7H2,1-2H3. The van der Waals surface area contributed by atoms with E-state index in [4.69, 9.17) is 4.74 Å². The molecule has 1 saturated carbocycles. The van der Waals surface area contributed by atoms with Crippen LogP contribution in [-0.4, -0.2) is 17.3 Å². The van der Waals surface area contributed by atoms with Crippen molar-refractivity contribution in [2.45, 2.75) is 51.8 Å². The molecule has 0 N–H and O–H groups in total. The highest BCUT2D eigenvalue weighted by Crippen LogP contribution is 2.39. The fourth-order valence-corrected chi connectivity index (χ4v) is 3.25. The number of hydrogen-bond donors (Lipinski definition) is 0. The van der Waals surface area contributed by atoms with Crippen molar-refractivity contribution in [3.63, 3.8) is 0 Å². The van der Waals surface area contributed by atoms with Crippen molar-refractivity contribution < 1.29 is 17.9 Å². The van der Waals surface area contributed by atoms with Crippen LogP contribution in [0.5, 0.6) is 5.75 Å². The monoisotopic (exact) mass is 323 g/mol. The lowest BCUT2D eigenvalue weighted by Crippen LogP contribution is -2.32. The van der Waals surface area contributed by atoms with Gasteiger partial charge in [0.1, 0.15) is 5.75 Å². The van der Waals surface area contributed by atoms with E-state index in [1.54, 1.807) is 0 Å². The zero-order valence-electron chi connectivity index (χ0n) is 13.3. The number of aryl methyl sites for hydroxylation is 2. The molecule has 0 radical (unpaired) electrons.